The number of quaternary nitrogens is 1. The highest BCUT2D eigenvalue weighted by atomic mass is 15.4. The van der Waals surface area contributed by atoms with Gasteiger partial charge in [-0.25, -0.2) is 0 Å². The molecule has 0 unspecified atom stereocenters. The molecule has 0 radical (unpaired) electrons. The van der Waals surface area contributed by atoms with Crippen molar-refractivity contribution in [3.63, 3.8) is 0 Å². The molecule has 0 amide bonds. The van der Waals surface area contributed by atoms with E-state index in [-0.39, 0.29) is 0 Å². The van der Waals surface area contributed by atoms with Crippen molar-refractivity contribution >= 4 is 28.4 Å². The summed E-state index contributed by atoms with van der Waals surface area (Å²) in [4.78, 5) is 2.37. The molecular formula is C21H21N2+. The zero-order valence-electron chi connectivity index (χ0n) is 13.8. The number of aryl methyl sites for hydroxylation is 1. The van der Waals surface area contributed by atoms with Crippen molar-refractivity contribution in [3.8, 4) is 0 Å². The average Bonchev–Trinajstić information content (AvgIpc) is 2.57. The van der Waals surface area contributed by atoms with E-state index in [0.29, 0.717) is 0 Å². The first-order valence-electron chi connectivity index (χ1n) is 7.99. The van der Waals surface area contributed by atoms with Crippen molar-refractivity contribution in [2.75, 3.05) is 19.0 Å². The first kappa shape index (κ1) is 14.0. The van der Waals surface area contributed by atoms with Gasteiger partial charge in [0.2, 0.25) is 0 Å². The molecule has 0 aliphatic carbocycles. The molecule has 114 valence electrons. The van der Waals surface area contributed by atoms with E-state index in [1.807, 2.05) is 0 Å². The Labute approximate surface area is 137 Å². The molecular weight excluding hydrogens is 280 g/mol. The fourth-order valence-electron chi connectivity index (χ4n) is 3.48. The summed E-state index contributed by atoms with van der Waals surface area (Å²) in [6.07, 6.45) is 0. The van der Waals surface area contributed by atoms with Gasteiger partial charge in [-0.2, -0.15) is 0 Å². The quantitative estimate of drug-likeness (QED) is 0.523. The van der Waals surface area contributed by atoms with Gasteiger partial charge in [0.15, 0.2) is 11.4 Å². The van der Waals surface area contributed by atoms with E-state index < -0.39 is 0 Å². The molecule has 0 saturated heterocycles. The summed E-state index contributed by atoms with van der Waals surface area (Å²) in [6, 6.07) is 26.1. The Morgan fingerprint density at radius 3 is 1.65 bits per heavy atom. The first-order valence-corrected chi connectivity index (χ1v) is 7.99. The van der Waals surface area contributed by atoms with Gasteiger partial charge in [0.25, 0.3) is 0 Å². The molecule has 0 spiro atoms. The summed E-state index contributed by atoms with van der Waals surface area (Å²) in [7, 11) is 4.51. The molecule has 2 heteroatoms. The van der Waals surface area contributed by atoms with Crippen LogP contribution in [-0.2, 0) is 0 Å². The largest absolute Gasteiger partial charge is 0.300 e. The molecule has 2 nitrogen and oxygen atoms in total. The minimum absolute atomic E-state index is 0.759. The predicted molar refractivity (Wildman–Crippen MR) is 99.2 cm³/mol. The molecule has 0 aromatic heterocycles. The number of para-hydroxylation sites is 4. The Morgan fingerprint density at radius 1 is 0.652 bits per heavy atom. The van der Waals surface area contributed by atoms with Gasteiger partial charge in [-0.1, -0.05) is 42.0 Å². The summed E-state index contributed by atoms with van der Waals surface area (Å²) in [5.74, 6) is 0. The average molecular weight is 301 g/mol. The van der Waals surface area contributed by atoms with E-state index in [9.17, 15) is 0 Å². The van der Waals surface area contributed by atoms with Crippen molar-refractivity contribution < 1.29 is 0 Å². The molecule has 3 aromatic carbocycles. The molecule has 0 saturated carbocycles. The summed E-state index contributed by atoms with van der Waals surface area (Å²) >= 11 is 0. The van der Waals surface area contributed by atoms with Crippen LogP contribution in [0, 0.1) is 6.92 Å². The smallest absolute Gasteiger partial charge is 0.161 e. The topological polar surface area (TPSA) is 3.24 Å². The Bertz CT molecular complexity index is 814. The molecule has 0 bridgehead atoms. The lowest BCUT2D eigenvalue weighted by Crippen LogP contribution is -2.39. The van der Waals surface area contributed by atoms with Crippen molar-refractivity contribution in [2.45, 2.75) is 6.92 Å². The van der Waals surface area contributed by atoms with Gasteiger partial charge in [-0.15, -0.1) is 0 Å². The molecule has 1 aliphatic heterocycles. The van der Waals surface area contributed by atoms with Gasteiger partial charge < -0.3 is 0 Å². The number of hydrogen-bond donors (Lipinski definition) is 0. The van der Waals surface area contributed by atoms with Crippen molar-refractivity contribution in [1.29, 1.82) is 0 Å². The van der Waals surface area contributed by atoms with Crippen molar-refractivity contribution in [2.24, 2.45) is 0 Å². The molecule has 4 rings (SSSR count). The van der Waals surface area contributed by atoms with Crippen molar-refractivity contribution in [1.82, 2.24) is 4.48 Å². The van der Waals surface area contributed by atoms with E-state index in [1.165, 1.54) is 34.0 Å². The predicted octanol–water partition coefficient (Wildman–Crippen LogP) is 5.68. The number of rotatable bonds is 1. The molecule has 3 aromatic rings. The molecule has 1 heterocycles. The third-order valence-corrected chi connectivity index (χ3v) is 4.74. The fourth-order valence-corrected chi connectivity index (χ4v) is 3.48. The van der Waals surface area contributed by atoms with Crippen LogP contribution in [0.5, 0.6) is 0 Å². The molecule has 23 heavy (non-hydrogen) atoms. The number of hydrogen-bond acceptors (Lipinski definition) is 1. The van der Waals surface area contributed by atoms with E-state index in [1.54, 1.807) is 0 Å². The Balaban J connectivity index is 2.02. The lowest BCUT2D eigenvalue weighted by molar-refractivity contribution is 0.550. The summed E-state index contributed by atoms with van der Waals surface area (Å²) in [6.45, 7) is 2.13. The van der Waals surface area contributed by atoms with Crippen LogP contribution < -0.4 is 9.38 Å². The highest BCUT2D eigenvalue weighted by Gasteiger charge is 2.37. The number of nitrogens with zero attached hydrogens (tertiary/aromatic N) is 2. The van der Waals surface area contributed by atoms with Crippen LogP contribution >= 0.6 is 0 Å². The molecule has 1 aliphatic rings. The van der Waals surface area contributed by atoms with E-state index in [0.717, 1.165) is 4.48 Å². The molecule has 0 atom stereocenters. The van der Waals surface area contributed by atoms with Crippen LogP contribution in [0.4, 0.5) is 28.4 Å². The van der Waals surface area contributed by atoms with Crippen LogP contribution in [-0.4, -0.2) is 14.1 Å². The van der Waals surface area contributed by atoms with Crippen LogP contribution in [0.2, 0.25) is 0 Å². The zero-order chi connectivity index (χ0) is 16.0. The third-order valence-electron chi connectivity index (χ3n) is 4.74. The van der Waals surface area contributed by atoms with Gasteiger partial charge in [-0.05, 0) is 31.2 Å². The van der Waals surface area contributed by atoms with Crippen LogP contribution in [0.3, 0.4) is 0 Å². The fraction of sp³-hybridized carbons (Fsp3) is 0.143. The lowest BCUT2D eigenvalue weighted by Gasteiger charge is -2.41. The second kappa shape index (κ2) is 4.97. The highest BCUT2D eigenvalue weighted by molar-refractivity contribution is 5.95. The Morgan fingerprint density at radius 2 is 1.13 bits per heavy atom. The summed E-state index contributed by atoms with van der Waals surface area (Å²) in [5.41, 5.74) is 7.61. The molecule has 0 N–H and O–H groups in total. The van der Waals surface area contributed by atoms with Crippen molar-refractivity contribution in [3.05, 3.63) is 78.4 Å². The SMILES string of the molecule is Cc1ccc(N2c3ccccc3[N+](C)(C)c3ccccc32)cc1. The molecule has 0 fully saturated rings. The number of fused-ring (bicyclic) bond motifs is 2. The maximum absolute atomic E-state index is 2.37. The van der Waals surface area contributed by atoms with Gasteiger partial charge in [0.1, 0.15) is 11.4 Å². The maximum atomic E-state index is 2.37. The van der Waals surface area contributed by atoms with Gasteiger partial charge in [0.05, 0.1) is 14.1 Å². The van der Waals surface area contributed by atoms with Gasteiger partial charge in [-0.3, -0.25) is 9.38 Å². The highest BCUT2D eigenvalue weighted by Crippen LogP contribution is 2.53. The number of anilines is 3. The van der Waals surface area contributed by atoms with Gasteiger partial charge >= 0.3 is 0 Å². The minimum Gasteiger partial charge on any atom is -0.300 e. The zero-order valence-corrected chi connectivity index (χ0v) is 13.8. The van der Waals surface area contributed by atoms with Gasteiger partial charge in [0, 0.05) is 17.8 Å². The normalized spacial score (nSPS) is 15.0. The summed E-state index contributed by atoms with van der Waals surface area (Å²) < 4.78 is 0.759. The third kappa shape index (κ3) is 2.07. The van der Waals surface area contributed by atoms with Crippen LogP contribution in [0.15, 0.2) is 72.8 Å². The Hall–Kier alpha value is -2.58. The number of benzene rings is 3. The van der Waals surface area contributed by atoms with Crippen LogP contribution in [0.25, 0.3) is 0 Å². The summed E-state index contributed by atoms with van der Waals surface area (Å²) in [5, 5.41) is 0. The standard InChI is InChI=1S/C21H21N2/c1-16-12-14-17(15-13-16)22-18-8-4-6-10-20(18)23(2,3)21-11-7-5-9-19(21)22/h4-15H,1-3H3/q+1. The Kier molecular flexibility index (Phi) is 3.03. The second-order valence-corrected chi connectivity index (χ2v) is 6.60. The first-order chi connectivity index (χ1) is 11.1. The maximum Gasteiger partial charge on any atom is 0.161 e. The van der Waals surface area contributed by atoms with E-state index in [4.69, 9.17) is 0 Å². The van der Waals surface area contributed by atoms with E-state index >= 15 is 0 Å². The lowest BCUT2D eigenvalue weighted by atomic mass is 10.0. The second-order valence-electron chi connectivity index (χ2n) is 6.60. The van der Waals surface area contributed by atoms with Crippen LogP contribution in [0.1, 0.15) is 5.56 Å². The van der Waals surface area contributed by atoms with E-state index in [2.05, 4.69) is 98.7 Å². The monoisotopic (exact) mass is 301 g/mol. The minimum atomic E-state index is 0.759.